The van der Waals surface area contributed by atoms with E-state index >= 15 is 0 Å². The molecule has 0 atom stereocenters. The maximum atomic E-state index is 12.5. The molecule has 0 amide bonds. The van der Waals surface area contributed by atoms with E-state index in [1.165, 1.54) is 8.97 Å². The minimum Gasteiger partial charge on any atom is -0.839 e. The second-order valence-corrected chi connectivity index (χ2v) is 5.81. The van der Waals surface area contributed by atoms with Crippen molar-refractivity contribution in [3.8, 4) is 11.9 Å². The average Bonchev–Trinajstić information content (AvgIpc) is 3.18. The van der Waals surface area contributed by atoms with Gasteiger partial charge in [-0.2, -0.15) is 9.66 Å². The number of rotatable bonds is 5. The fourth-order valence-corrected chi connectivity index (χ4v) is 2.41. The summed E-state index contributed by atoms with van der Waals surface area (Å²) in [4.78, 5) is 24.4. The third-order valence-electron chi connectivity index (χ3n) is 3.94. The van der Waals surface area contributed by atoms with E-state index in [9.17, 15) is 14.7 Å². The van der Waals surface area contributed by atoms with Crippen LogP contribution in [-0.2, 0) is 16.1 Å². The van der Waals surface area contributed by atoms with Gasteiger partial charge in [-0.3, -0.25) is 4.79 Å². The highest BCUT2D eigenvalue weighted by molar-refractivity contribution is 6.40. The molecule has 2 aromatic heterocycles. The van der Waals surface area contributed by atoms with E-state index in [1.54, 1.807) is 31.3 Å². The number of carbonyl (C=O) groups excluding carboxylic acids is 2. The SMILES string of the molecule is CC1(OC(=O)C(=O)c2c([O-])n(CCC#N)c3cccc[n+]23)CC1. The Morgan fingerprint density at radius 1 is 1.48 bits per heavy atom. The zero-order valence-electron chi connectivity index (χ0n) is 12.6. The van der Waals surface area contributed by atoms with Crippen LogP contribution in [0.5, 0.6) is 5.88 Å². The summed E-state index contributed by atoms with van der Waals surface area (Å²) in [7, 11) is 0. The van der Waals surface area contributed by atoms with Crippen LogP contribution in [0.15, 0.2) is 24.4 Å². The Kier molecular flexibility index (Phi) is 3.52. The molecule has 1 fully saturated rings. The number of aryl methyl sites for hydroxylation is 1. The standard InChI is InChI=1S/C16H15N3O4/c1-16(6-7-16)23-15(22)13(20)12-14(21)19(10-4-8-17)11-5-2-3-9-18(11)12/h2-3,5,9H,4,6-7,10H2,1H3. The van der Waals surface area contributed by atoms with Crippen molar-refractivity contribution in [3.63, 3.8) is 0 Å². The zero-order valence-corrected chi connectivity index (χ0v) is 12.6. The summed E-state index contributed by atoms with van der Waals surface area (Å²) in [5.74, 6) is -2.56. The van der Waals surface area contributed by atoms with Crippen LogP contribution in [0.3, 0.4) is 0 Å². The first-order valence-electron chi connectivity index (χ1n) is 7.31. The first-order chi connectivity index (χ1) is 11.0. The molecule has 118 valence electrons. The van der Waals surface area contributed by atoms with Crippen LogP contribution < -0.4 is 9.51 Å². The molecule has 3 rings (SSSR count). The molecule has 0 spiro atoms. The molecule has 0 bridgehead atoms. The van der Waals surface area contributed by atoms with E-state index in [4.69, 9.17) is 10.00 Å². The lowest BCUT2D eigenvalue weighted by molar-refractivity contribution is -0.516. The quantitative estimate of drug-likeness (QED) is 0.346. The number of fused-ring (bicyclic) bond motifs is 1. The topological polar surface area (TPSA) is 99.2 Å². The number of hydrogen-bond donors (Lipinski definition) is 0. The number of nitrogens with zero attached hydrogens (tertiary/aromatic N) is 3. The second kappa shape index (κ2) is 5.39. The van der Waals surface area contributed by atoms with Crippen molar-refractivity contribution in [2.24, 2.45) is 0 Å². The Morgan fingerprint density at radius 3 is 2.87 bits per heavy atom. The summed E-state index contributed by atoms with van der Waals surface area (Å²) in [6, 6.07) is 6.99. The molecule has 0 unspecified atom stereocenters. The van der Waals surface area contributed by atoms with E-state index in [2.05, 4.69) is 0 Å². The number of aromatic nitrogens is 2. The smallest absolute Gasteiger partial charge is 0.384 e. The van der Waals surface area contributed by atoms with Gasteiger partial charge in [0.25, 0.3) is 5.65 Å². The third-order valence-corrected chi connectivity index (χ3v) is 3.94. The lowest BCUT2D eigenvalue weighted by Gasteiger charge is -2.10. The van der Waals surface area contributed by atoms with Crippen molar-refractivity contribution < 1.29 is 23.8 Å². The molecule has 2 heterocycles. The summed E-state index contributed by atoms with van der Waals surface area (Å²) >= 11 is 0. The van der Waals surface area contributed by atoms with Crippen LogP contribution in [0.2, 0.25) is 0 Å². The molecule has 2 aromatic rings. The number of pyridine rings is 1. The predicted molar refractivity (Wildman–Crippen MR) is 75.3 cm³/mol. The maximum absolute atomic E-state index is 12.5. The van der Waals surface area contributed by atoms with Crippen LogP contribution in [0, 0.1) is 11.3 Å². The van der Waals surface area contributed by atoms with Gasteiger partial charge in [0.15, 0.2) is 0 Å². The molecule has 7 heteroatoms. The van der Waals surface area contributed by atoms with Gasteiger partial charge in [0.05, 0.1) is 18.7 Å². The normalized spacial score (nSPS) is 15.1. The molecule has 0 aliphatic heterocycles. The van der Waals surface area contributed by atoms with Crippen molar-refractivity contribution >= 4 is 17.4 Å². The van der Waals surface area contributed by atoms with Crippen LogP contribution in [0.1, 0.15) is 36.7 Å². The number of carbonyl (C=O) groups is 2. The molecule has 1 aliphatic carbocycles. The van der Waals surface area contributed by atoms with Gasteiger partial charge in [0.2, 0.25) is 5.69 Å². The molecule has 0 radical (unpaired) electrons. The number of nitriles is 1. The van der Waals surface area contributed by atoms with E-state index in [-0.39, 0.29) is 18.7 Å². The molecule has 0 saturated heterocycles. The first-order valence-corrected chi connectivity index (χ1v) is 7.31. The van der Waals surface area contributed by atoms with Gasteiger partial charge in [0, 0.05) is 6.07 Å². The number of esters is 1. The first kappa shape index (κ1) is 15.0. The Balaban J connectivity index is 2.03. The van der Waals surface area contributed by atoms with Gasteiger partial charge >= 0.3 is 11.8 Å². The summed E-state index contributed by atoms with van der Waals surface area (Å²) in [6.45, 7) is 1.91. The molecule has 23 heavy (non-hydrogen) atoms. The molecule has 7 nitrogen and oxygen atoms in total. The molecule has 0 N–H and O–H groups in total. The highest BCUT2D eigenvalue weighted by Gasteiger charge is 2.44. The number of ether oxygens (including phenoxy) is 1. The van der Waals surface area contributed by atoms with E-state index < -0.39 is 23.2 Å². The van der Waals surface area contributed by atoms with Crippen LogP contribution >= 0.6 is 0 Å². The summed E-state index contributed by atoms with van der Waals surface area (Å²) in [6.07, 6.45) is 3.10. The lowest BCUT2D eigenvalue weighted by Crippen LogP contribution is -2.33. The van der Waals surface area contributed by atoms with Gasteiger partial charge in [-0.25, -0.2) is 9.36 Å². The number of hydrogen-bond acceptors (Lipinski definition) is 5. The van der Waals surface area contributed by atoms with Crippen molar-refractivity contribution in [2.75, 3.05) is 0 Å². The molecular weight excluding hydrogens is 298 g/mol. The van der Waals surface area contributed by atoms with Gasteiger partial charge in [-0.15, -0.1) is 0 Å². The summed E-state index contributed by atoms with van der Waals surface area (Å²) in [5.41, 5.74) is -0.381. The highest BCUT2D eigenvalue weighted by Crippen LogP contribution is 2.39. The van der Waals surface area contributed by atoms with Crippen LogP contribution in [0.25, 0.3) is 5.65 Å². The van der Waals surface area contributed by atoms with Gasteiger partial charge in [-0.1, -0.05) is 6.07 Å². The minimum atomic E-state index is -1.02. The fourth-order valence-electron chi connectivity index (χ4n) is 2.41. The second-order valence-electron chi connectivity index (χ2n) is 5.81. The number of ketones is 1. The largest absolute Gasteiger partial charge is 0.839 e. The van der Waals surface area contributed by atoms with Crippen LogP contribution in [0.4, 0.5) is 0 Å². The molecule has 1 saturated carbocycles. The Morgan fingerprint density at radius 2 is 2.22 bits per heavy atom. The predicted octanol–water partition coefficient (Wildman–Crippen LogP) is 0.492. The van der Waals surface area contributed by atoms with Crippen LogP contribution in [-0.4, -0.2) is 21.9 Å². The van der Waals surface area contributed by atoms with E-state index in [0.717, 1.165) is 0 Å². The van der Waals surface area contributed by atoms with Gasteiger partial charge in [0.1, 0.15) is 18.0 Å². The Bertz CT molecular complexity index is 843. The fraction of sp³-hybridized carbons (Fsp3) is 0.375. The summed E-state index contributed by atoms with van der Waals surface area (Å²) < 4.78 is 7.85. The molecular formula is C16H15N3O4. The Labute approximate surface area is 132 Å². The van der Waals surface area contributed by atoms with Crippen molar-refractivity contribution in [1.29, 1.82) is 5.26 Å². The molecule has 0 aromatic carbocycles. The molecule has 1 aliphatic rings. The highest BCUT2D eigenvalue weighted by atomic mass is 16.6. The average molecular weight is 313 g/mol. The number of Topliss-reactive ketones (excluding diaryl/α,β-unsaturated/α-hetero) is 1. The minimum absolute atomic E-state index is 0.130. The third kappa shape index (κ3) is 2.63. The number of imidazole rings is 1. The van der Waals surface area contributed by atoms with Crippen molar-refractivity contribution in [2.45, 2.75) is 38.3 Å². The Hall–Kier alpha value is -2.88. The lowest BCUT2D eigenvalue weighted by atomic mass is 10.3. The maximum Gasteiger partial charge on any atom is 0.384 e. The van der Waals surface area contributed by atoms with Crippen molar-refractivity contribution in [3.05, 3.63) is 30.1 Å². The van der Waals surface area contributed by atoms with Gasteiger partial charge in [-0.05, 0) is 25.8 Å². The van der Waals surface area contributed by atoms with E-state index in [1.807, 2.05) is 6.07 Å². The summed E-state index contributed by atoms with van der Waals surface area (Å²) in [5, 5.41) is 21.2. The van der Waals surface area contributed by atoms with E-state index in [0.29, 0.717) is 18.5 Å². The van der Waals surface area contributed by atoms with Gasteiger partial charge < -0.3 is 9.84 Å². The zero-order chi connectivity index (χ0) is 16.6. The van der Waals surface area contributed by atoms with Crippen molar-refractivity contribution in [1.82, 2.24) is 4.57 Å². The monoisotopic (exact) mass is 313 g/mol.